The van der Waals surface area contributed by atoms with Crippen molar-refractivity contribution in [2.75, 3.05) is 6.54 Å². The van der Waals surface area contributed by atoms with Crippen molar-refractivity contribution in [1.82, 2.24) is 15.5 Å². The van der Waals surface area contributed by atoms with Gasteiger partial charge in [0.25, 0.3) is 0 Å². The van der Waals surface area contributed by atoms with Gasteiger partial charge in [0.05, 0.1) is 0 Å². The summed E-state index contributed by atoms with van der Waals surface area (Å²) in [4.78, 5) is 0. The molecule has 0 atom stereocenters. The molecule has 0 saturated carbocycles. The lowest BCUT2D eigenvalue weighted by molar-refractivity contribution is 0.438. The quantitative estimate of drug-likeness (QED) is 0.758. The van der Waals surface area contributed by atoms with E-state index in [2.05, 4.69) is 60.6 Å². The van der Waals surface area contributed by atoms with E-state index in [4.69, 9.17) is 4.42 Å². The van der Waals surface area contributed by atoms with Crippen molar-refractivity contribution in [3.05, 3.63) is 47.2 Å². The molecule has 2 aromatic rings. The lowest BCUT2D eigenvalue weighted by Gasteiger charge is -2.05. The van der Waals surface area contributed by atoms with E-state index in [1.165, 1.54) is 11.1 Å². The van der Waals surface area contributed by atoms with Crippen LogP contribution in [0.1, 0.15) is 43.2 Å². The van der Waals surface area contributed by atoms with Crippen LogP contribution < -0.4 is 5.32 Å². The predicted octanol–water partition coefficient (Wildman–Crippen LogP) is 3.09. The van der Waals surface area contributed by atoms with Crippen LogP contribution >= 0.6 is 0 Å². The lowest BCUT2D eigenvalue weighted by Crippen LogP contribution is -2.23. The van der Waals surface area contributed by atoms with Crippen molar-refractivity contribution in [2.24, 2.45) is 0 Å². The third kappa shape index (κ3) is 5.68. The molecule has 0 saturated heterocycles. The summed E-state index contributed by atoms with van der Waals surface area (Å²) in [6.07, 6.45) is 3.62. The van der Waals surface area contributed by atoms with Gasteiger partial charge in [0.1, 0.15) is 0 Å². The van der Waals surface area contributed by atoms with Crippen molar-refractivity contribution in [3.8, 4) is 0 Å². The summed E-state index contributed by atoms with van der Waals surface area (Å²) in [5, 5.41) is 11.6. The summed E-state index contributed by atoms with van der Waals surface area (Å²) < 4.78 is 5.69. The number of hydrogen-bond acceptors (Lipinski definition) is 4. The third-order valence-electron chi connectivity index (χ3n) is 3.38. The van der Waals surface area contributed by atoms with E-state index in [1.807, 2.05) is 0 Å². The van der Waals surface area contributed by atoms with E-state index >= 15 is 0 Å². The molecule has 1 aromatic carbocycles. The van der Waals surface area contributed by atoms with E-state index < -0.39 is 0 Å². The second-order valence-electron chi connectivity index (χ2n) is 5.79. The largest absolute Gasteiger partial charge is 0.425 e. The summed E-state index contributed by atoms with van der Waals surface area (Å²) in [5.74, 6) is 1.49. The van der Waals surface area contributed by atoms with Crippen LogP contribution in [0.3, 0.4) is 0 Å². The molecule has 0 unspecified atom stereocenters. The molecule has 0 bridgehead atoms. The molecule has 0 amide bonds. The van der Waals surface area contributed by atoms with E-state index in [0.717, 1.165) is 44.0 Å². The summed E-state index contributed by atoms with van der Waals surface area (Å²) in [7, 11) is 0. The average molecular weight is 287 g/mol. The highest BCUT2D eigenvalue weighted by molar-refractivity contribution is 5.21. The number of aromatic nitrogens is 2. The van der Waals surface area contributed by atoms with Crippen LogP contribution in [-0.2, 0) is 19.3 Å². The first-order chi connectivity index (χ1) is 10.1. The number of benzene rings is 1. The molecule has 0 spiro atoms. The maximum absolute atomic E-state index is 5.69. The van der Waals surface area contributed by atoms with Crippen molar-refractivity contribution < 1.29 is 4.42 Å². The molecule has 0 radical (unpaired) electrons. The Balaban J connectivity index is 1.73. The van der Waals surface area contributed by atoms with Crippen LogP contribution in [0.15, 0.2) is 28.7 Å². The van der Waals surface area contributed by atoms with Crippen LogP contribution in [0.2, 0.25) is 0 Å². The van der Waals surface area contributed by atoms with E-state index in [1.54, 1.807) is 0 Å². The van der Waals surface area contributed by atoms with Gasteiger partial charge in [0.15, 0.2) is 0 Å². The summed E-state index contributed by atoms with van der Waals surface area (Å²) in [5.41, 5.74) is 2.59. The van der Waals surface area contributed by atoms with Gasteiger partial charge in [-0.2, -0.15) is 0 Å². The normalized spacial score (nSPS) is 11.2. The molecule has 1 heterocycles. The molecule has 114 valence electrons. The van der Waals surface area contributed by atoms with Gasteiger partial charge in [-0.25, -0.2) is 0 Å². The van der Waals surface area contributed by atoms with Gasteiger partial charge in [-0.3, -0.25) is 0 Å². The highest BCUT2D eigenvalue weighted by atomic mass is 16.4. The van der Waals surface area contributed by atoms with Crippen LogP contribution in [0.5, 0.6) is 0 Å². The fourth-order valence-electron chi connectivity index (χ4n) is 2.13. The zero-order valence-electron chi connectivity index (χ0n) is 13.2. The number of aryl methyl sites for hydroxylation is 4. The topological polar surface area (TPSA) is 51.0 Å². The van der Waals surface area contributed by atoms with Gasteiger partial charge in [-0.1, -0.05) is 43.7 Å². The first-order valence-electron chi connectivity index (χ1n) is 7.73. The van der Waals surface area contributed by atoms with E-state index in [0.29, 0.717) is 6.04 Å². The van der Waals surface area contributed by atoms with Gasteiger partial charge < -0.3 is 9.73 Å². The molecule has 1 N–H and O–H groups in total. The highest BCUT2D eigenvalue weighted by Gasteiger charge is 2.06. The molecule has 4 nitrogen and oxygen atoms in total. The Bertz CT molecular complexity index is 531. The standard InChI is InChI=1S/C17H25N3O/c1-13(2)18-12-4-5-16-19-20-17(21-16)11-10-15-8-6-14(3)7-9-15/h6-9,13,18H,4-5,10-12H2,1-3H3. The van der Waals surface area contributed by atoms with Crippen LogP contribution in [0.4, 0.5) is 0 Å². The van der Waals surface area contributed by atoms with Crippen molar-refractivity contribution in [1.29, 1.82) is 0 Å². The van der Waals surface area contributed by atoms with Crippen LogP contribution in [0.25, 0.3) is 0 Å². The minimum Gasteiger partial charge on any atom is -0.425 e. The number of rotatable bonds is 8. The first kappa shape index (κ1) is 15.7. The Morgan fingerprint density at radius 3 is 2.33 bits per heavy atom. The van der Waals surface area contributed by atoms with Crippen molar-refractivity contribution in [3.63, 3.8) is 0 Å². The highest BCUT2D eigenvalue weighted by Crippen LogP contribution is 2.09. The molecule has 0 aliphatic heterocycles. The Hall–Kier alpha value is -1.68. The van der Waals surface area contributed by atoms with Gasteiger partial charge in [0, 0.05) is 18.9 Å². The molecule has 1 aromatic heterocycles. The number of nitrogens with one attached hydrogen (secondary N) is 1. The smallest absolute Gasteiger partial charge is 0.216 e. The van der Waals surface area contributed by atoms with E-state index in [-0.39, 0.29) is 0 Å². The van der Waals surface area contributed by atoms with Gasteiger partial charge >= 0.3 is 0 Å². The van der Waals surface area contributed by atoms with Crippen molar-refractivity contribution >= 4 is 0 Å². The molecule has 0 fully saturated rings. The zero-order chi connectivity index (χ0) is 15.1. The fourth-order valence-corrected chi connectivity index (χ4v) is 2.13. The van der Waals surface area contributed by atoms with Crippen molar-refractivity contribution in [2.45, 2.75) is 52.5 Å². The molecule has 2 rings (SSSR count). The Kier molecular flexibility index (Phi) is 5.93. The minimum atomic E-state index is 0.526. The zero-order valence-corrected chi connectivity index (χ0v) is 13.2. The molecular formula is C17H25N3O. The molecule has 4 heteroatoms. The Labute approximate surface area is 127 Å². The Morgan fingerprint density at radius 1 is 1.00 bits per heavy atom. The van der Waals surface area contributed by atoms with Crippen LogP contribution in [-0.4, -0.2) is 22.8 Å². The van der Waals surface area contributed by atoms with E-state index in [9.17, 15) is 0 Å². The lowest BCUT2D eigenvalue weighted by atomic mass is 10.1. The van der Waals surface area contributed by atoms with Gasteiger partial charge in [-0.15, -0.1) is 10.2 Å². The average Bonchev–Trinajstić information content (AvgIpc) is 2.91. The van der Waals surface area contributed by atoms with Gasteiger partial charge in [0.2, 0.25) is 11.8 Å². The number of nitrogens with zero attached hydrogens (tertiary/aromatic N) is 2. The summed E-state index contributed by atoms with van der Waals surface area (Å²) in [6, 6.07) is 9.11. The third-order valence-corrected chi connectivity index (χ3v) is 3.38. The first-order valence-corrected chi connectivity index (χ1v) is 7.73. The summed E-state index contributed by atoms with van der Waals surface area (Å²) >= 11 is 0. The monoisotopic (exact) mass is 287 g/mol. The summed E-state index contributed by atoms with van der Waals surface area (Å²) in [6.45, 7) is 7.38. The molecule has 0 aliphatic rings. The fraction of sp³-hybridized carbons (Fsp3) is 0.529. The second-order valence-corrected chi connectivity index (χ2v) is 5.79. The predicted molar refractivity (Wildman–Crippen MR) is 84.3 cm³/mol. The molecular weight excluding hydrogens is 262 g/mol. The minimum absolute atomic E-state index is 0.526. The molecule has 0 aliphatic carbocycles. The SMILES string of the molecule is Cc1ccc(CCc2nnc(CCCNC(C)C)o2)cc1. The Morgan fingerprint density at radius 2 is 1.67 bits per heavy atom. The second kappa shape index (κ2) is 7.93. The molecule has 21 heavy (non-hydrogen) atoms. The van der Waals surface area contributed by atoms with Crippen LogP contribution in [0, 0.1) is 6.92 Å². The maximum atomic E-state index is 5.69. The number of hydrogen-bond donors (Lipinski definition) is 1. The maximum Gasteiger partial charge on any atom is 0.216 e. The van der Waals surface area contributed by atoms with Gasteiger partial charge in [-0.05, 0) is 31.9 Å².